The number of imidazole rings is 2. The Morgan fingerprint density at radius 2 is 2.17 bits per heavy atom. The van der Waals surface area contributed by atoms with Crippen LogP contribution in [0.4, 0.5) is 5.69 Å². The normalized spacial score (nSPS) is 14.0. The molecule has 0 radical (unpaired) electrons. The number of hydrogen-bond acceptors (Lipinski definition) is 4. The molecular weight excluding hydrogens is 304 g/mol. The molecule has 2 N–H and O–H groups in total. The van der Waals surface area contributed by atoms with Crippen LogP contribution < -0.4 is 10.6 Å². The van der Waals surface area contributed by atoms with Gasteiger partial charge in [-0.05, 0) is 12.1 Å². The highest BCUT2D eigenvalue weighted by atomic mass is 16.1. The van der Waals surface area contributed by atoms with Crippen LogP contribution in [0, 0.1) is 0 Å². The van der Waals surface area contributed by atoms with Crippen LogP contribution >= 0.6 is 0 Å². The second-order valence-corrected chi connectivity index (χ2v) is 5.68. The van der Waals surface area contributed by atoms with Crippen molar-refractivity contribution < 1.29 is 4.79 Å². The molecule has 7 nitrogen and oxygen atoms in total. The zero-order valence-corrected chi connectivity index (χ0v) is 13.1. The van der Waals surface area contributed by atoms with Crippen molar-refractivity contribution in [2.24, 2.45) is 0 Å². The number of nitrogens with zero attached hydrogens (tertiary/aromatic N) is 4. The van der Waals surface area contributed by atoms with E-state index in [1.54, 1.807) is 12.5 Å². The van der Waals surface area contributed by atoms with Gasteiger partial charge in [0.15, 0.2) is 0 Å². The van der Waals surface area contributed by atoms with E-state index in [1.165, 1.54) is 0 Å². The van der Waals surface area contributed by atoms with E-state index in [4.69, 9.17) is 0 Å². The van der Waals surface area contributed by atoms with Gasteiger partial charge in [0.1, 0.15) is 11.5 Å². The highest BCUT2D eigenvalue weighted by molar-refractivity contribution is 6.03. The molecule has 0 saturated heterocycles. The maximum absolute atomic E-state index is 12.6. The maximum atomic E-state index is 12.6. The van der Waals surface area contributed by atoms with Crippen molar-refractivity contribution in [3.05, 3.63) is 60.7 Å². The van der Waals surface area contributed by atoms with Crippen molar-refractivity contribution in [3.8, 4) is 5.69 Å². The summed E-state index contributed by atoms with van der Waals surface area (Å²) in [4.78, 5) is 21.2. The fraction of sp³-hybridized carbons (Fsp3) is 0.235. The average Bonchev–Trinajstić information content (AvgIpc) is 3.22. The summed E-state index contributed by atoms with van der Waals surface area (Å²) in [6, 6.07) is 7.63. The van der Waals surface area contributed by atoms with Gasteiger partial charge in [0.05, 0.1) is 17.7 Å². The number of aromatic nitrogens is 4. The molecule has 7 heteroatoms. The molecule has 0 spiro atoms. The van der Waals surface area contributed by atoms with Crippen molar-refractivity contribution in [2.45, 2.75) is 13.0 Å². The molecular formula is C17H18N6O. The first-order valence-corrected chi connectivity index (χ1v) is 7.97. The van der Waals surface area contributed by atoms with Crippen LogP contribution in [-0.2, 0) is 13.0 Å². The zero-order chi connectivity index (χ0) is 16.4. The molecule has 2 aromatic heterocycles. The van der Waals surface area contributed by atoms with Crippen LogP contribution in [0.15, 0.2) is 49.2 Å². The second-order valence-electron chi connectivity index (χ2n) is 5.68. The third-order valence-electron chi connectivity index (χ3n) is 4.08. The topological polar surface area (TPSA) is 76.8 Å². The maximum Gasteiger partial charge on any atom is 0.275 e. The van der Waals surface area contributed by atoms with Gasteiger partial charge in [0.25, 0.3) is 5.91 Å². The van der Waals surface area contributed by atoms with Crippen molar-refractivity contribution in [1.82, 2.24) is 24.4 Å². The molecule has 24 heavy (non-hydrogen) atoms. The van der Waals surface area contributed by atoms with Gasteiger partial charge in [-0.3, -0.25) is 4.79 Å². The molecule has 1 aliphatic rings. The first-order valence-electron chi connectivity index (χ1n) is 7.97. The molecule has 1 aromatic carbocycles. The van der Waals surface area contributed by atoms with Gasteiger partial charge < -0.3 is 19.8 Å². The van der Waals surface area contributed by atoms with E-state index in [-0.39, 0.29) is 5.91 Å². The third kappa shape index (κ3) is 2.81. The van der Waals surface area contributed by atoms with Crippen molar-refractivity contribution in [3.63, 3.8) is 0 Å². The second kappa shape index (κ2) is 6.29. The minimum absolute atomic E-state index is 0.198. The van der Waals surface area contributed by atoms with Gasteiger partial charge in [-0.25, -0.2) is 9.97 Å². The van der Waals surface area contributed by atoms with Crippen LogP contribution in [0.1, 0.15) is 16.3 Å². The van der Waals surface area contributed by atoms with Gasteiger partial charge in [-0.1, -0.05) is 12.1 Å². The van der Waals surface area contributed by atoms with Gasteiger partial charge in [0, 0.05) is 44.6 Å². The molecule has 0 fully saturated rings. The third-order valence-corrected chi connectivity index (χ3v) is 4.08. The Morgan fingerprint density at radius 1 is 1.25 bits per heavy atom. The molecule has 122 valence electrons. The van der Waals surface area contributed by atoms with Gasteiger partial charge in [-0.15, -0.1) is 0 Å². The monoisotopic (exact) mass is 322 g/mol. The number of amides is 1. The number of benzene rings is 1. The average molecular weight is 322 g/mol. The smallest absolute Gasteiger partial charge is 0.275 e. The summed E-state index contributed by atoms with van der Waals surface area (Å²) >= 11 is 0. The number of para-hydroxylation sites is 2. The molecule has 0 aliphatic carbocycles. The van der Waals surface area contributed by atoms with Crippen LogP contribution in [0.2, 0.25) is 0 Å². The number of fused-ring (bicyclic) bond motifs is 1. The predicted molar refractivity (Wildman–Crippen MR) is 90.3 cm³/mol. The van der Waals surface area contributed by atoms with E-state index in [9.17, 15) is 4.79 Å². The summed E-state index contributed by atoms with van der Waals surface area (Å²) in [7, 11) is 0. The lowest BCUT2D eigenvalue weighted by molar-refractivity contribution is 0.102. The number of carbonyl (C=O) groups is 1. The minimum Gasteiger partial charge on any atom is -0.333 e. The number of rotatable bonds is 3. The Labute approximate surface area is 139 Å². The quantitative estimate of drug-likeness (QED) is 0.765. The molecule has 4 rings (SSSR count). The lowest BCUT2D eigenvalue weighted by Gasteiger charge is -2.10. The van der Waals surface area contributed by atoms with E-state index < -0.39 is 0 Å². The summed E-state index contributed by atoms with van der Waals surface area (Å²) in [5, 5.41) is 6.28. The molecule has 0 bridgehead atoms. The van der Waals surface area contributed by atoms with E-state index in [1.807, 2.05) is 41.2 Å². The minimum atomic E-state index is -0.198. The van der Waals surface area contributed by atoms with Crippen molar-refractivity contribution in [2.75, 3.05) is 18.4 Å². The van der Waals surface area contributed by atoms with E-state index in [0.717, 1.165) is 43.3 Å². The number of anilines is 1. The lowest BCUT2D eigenvalue weighted by Crippen LogP contribution is -2.18. The van der Waals surface area contributed by atoms with Crippen LogP contribution in [0.25, 0.3) is 5.69 Å². The largest absolute Gasteiger partial charge is 0.333 e. The lowest BCUT2D eigenvalue weighted by atomic mass is 10.2. The number of hydrogen-bond donors (Lipinski definition) is 2. The number of nitrogens with one attached hydrogen (secondary N) is 2. The molecule has 3 heterocycles. The molecule has 0 saturated carbocycles. The van der Waals surface area contributed by atoms with Crippen LogP contribution in [0.3, 0.4) is 0 Å². The summed E-state index contributed by atoms with van der Waals surface area (Å²) < 4.78 is 3.92. The van der Waals surface area contributed by atoms with Crippen molar-refractivity contribution >= 4 is 11.6 Å². The number of carbonyl (C=O) groups excluding carboxylic acids is 1. The van der Waals surface area contributed by atoms with E-state index >= 15 is 0 Å². The first kappa shape index (κ1) is 14.6. The van der Waals surface area contributed by atoms with Gasteiger partial charge in [0.2, 0.25) is 0 Å². The summed E-state index contributed by atoms with van der Waals surface area (Å²) in [6.07, 6.45) is 7.92. The molecule has 3 aromatic rings. The Balaban J connectivity index is 1.59. The molecule has 0 unspecified atom stereocenters. The summed E-state index contributed by atoms with van der Waals surface area (Å²) in [6.45, 7) is 2.62. The Hall–Kier alpha value is -2.93. The van der Waals surface area contributed by atoms with Crippen LogP contribution in [-0.4, -0.2) is 38.1 Å². The predicted octanol–water partition coefficient (Wildman–Crippen LogP) is 1.47. The fourth-order valence-electron chi connectivity index (χ4n) is 2.87. The molecule has 1 amide bonds. The standard InChI is InChI=1S/C17H18N6O/c24-17(14-11-22-9-7-18-6-5-16(22)20-14)21-13-3-1-2-4-15(13)23-10-8-19-12-23/h1-4,8,10-12,18H,5-7,9H2,(H,21,24). The van der Waals surface area contributed by atoms with Crippen molar-refractivity contribution in [1.29, 1.82) is 0 Å². The zero-order valence-electron chi connectivity index (χ0n) is 13.1. The molecule has 0 atom stereocenters. The van der Waals surface area contributed by atoms with Crippen LogP contribution in [0.5, 0.6) is 0 Å². The van der Waals surface area contributed by atoms with Gasteiger partial charge >= 0.3 is 0 Å². The Kier molecular flexibility index (Phi) is 3.84. The van der Waals surface area contributed by atoms with E-state index in [2.05, 4.69) is 25.2 Å². The summed E-state index contributed by atoms with van der Waals surface area (Å²) in [5.74, 6) is 0.754. The summed E-state index contributed by atoms with van der Waals surface area (Å²) in [5.41, 5.74) is 2.05. The highest BCUT2D eigenvalue weighted by Gasteiger charge is 2.17. The van der Waals surface area contributed by atoms with E-state index in [0.29, 0.717) is 5.69 Å². The Bertz CT molecular complexity index is 828. The fourth-order valence-corrected chi connectivity index (χ4v) is 2.87. The Morgan fingerprint density at radius 3 is 3.04 bits per heavy atom. The molecule has 1 aliphatic heterocycles. The van der Waals surface area contributed by atoms with Gasteiger partial charge in [-0.2, -0.15) is 0 Å². The highest BCUT2D eigenvalue weighted by Crippen LogP contribution is 2.20. The SMILES string of the molecule is O=C(Nc1ccccc1-n1ccnc1)c1cn2c(n1)CCNCC2. The first-order chi connectivity index (χ1) is 11.8.